The standard InChI is InChI=1S/C20H20BrFN4O2S/c1-12(16-10-23-26(13(16)2)15-6-4-14(22)5-7-15)24-19(27)11-25(3)20(28)17-8-9-18(21)29-17/h4-10,12H,11H2,1-3H3,(H,24,27). The maximum Gasteiger partial charge on any atom is 0.264 e. The molecule has 1 unspecified atom stereocenters. The van der Waals surface area contributed by atoms with Gasteiger partial charge in [0.15, 0.2) is 0 Å². The van der Waals surface area contributed by atoms with Crippen molar-refractivity contribution in [2.45, 2.75) is 19.9 Å². The van der Waals surface area contributed by atoms with Crippen molar-refractivity contribution < 1.29 is 14.0 Å². The minimum Gasteiger partial charge on any atom is -0.348 e. The molecule has 0 aliphatic rings. The van der Waals surface area contributed by atoms with E-state index in [9.17, 15) is 14.0 Å². The third kappa shape index (κ3) is 4.91. The zero-order valence-corrected chi connectivity index (χ0v) is 18.6. The van der Waals surface area contributed by atoms with Crippen LogP contribution in [0, 0.1) is 12.7 Å². The number of likely N-dealkylation sites (N-methyl/N-ethyl adjacent to an activating group) is 1. The number of hydrogen-bond acceptors (Lipinski definition) is 4. The molecular formula is C20H20BrFN4O2S. The fraction of sp³-hybridized carbons (Fsp3) is 0.250. The third-order valence-electron chi connectivity index (χ3n) is 4.47. The average Bonchev–Trinajstić information content (AvgIpc) is 3.27. The first-order valence-electron chi connectivity index (χ1n) is 8.87. The maximum atomic E-state index is 13.1. The number of amides is 2. The molecule has 9 heteroatoms. The van der Waals surface area contributed by atoms with E-state index in [1.807, 2.05) is 13.8 Å². The predicted octanol–water partition coefficient (Wildman–Crippen LogP) is 4.09. The molecule has 0 radical (unpaired) electrons. The van der Waals surface area contributed by atoms with Crippen molar-refractivity contribution in [2.75, 3.05) is 13.6 Å². The van der Waals surface area contributed by atoms with Crippen LogP contribution >= 0.6 is 27.3 Å². The highest BCUT2D eigenvalue weighted by Gasteiger charge is 2.20. The Hall–Kier alpha value is -2.52. The van der Waals surface area contributed by atoms with E-state index in [4.69, 9.17) is 0 Å². The first-order valence-corrected chi connectivity index (χ1v) is 10.5. The number of carbonyl (C=O) groups excluding carboxylic acids is 2. The van der Waals surface area contributed by atoms with Gasteiger partial charge >= 0.3 is 0 Å². The lowest BCUT2D eigenvalue weighted by Gasteiger charge is -2.19. The Kier molecular flexibility index (Phi) is 6.49. The van der Waals surface area contributed by atoms with Crippen LogP contribution < -0.4 is 5.32 Å². The van der Waals surface area contributed by atoms with Gasteiger partial charge in [-0.1, -0.05) is 0 Å². The number of hydrogen-bond donors (Lipinski definition) is 1. The summed E-state index contributed by atoms with van der Waals surface area (Å²) in [5, 5.41) is 7.25. The van der Waals surface area contributed by atoms with Gasteiger partial charge in [0.1, 0.15) is 5.82 Å². The fourth-order valence-electron chi connectivity index (χ4n) is 2.96. The number of nitrogens with one attached hydrogen (secondary N) is 1. The van der Waals surface area contributed by atoms with Crippen molar-refractivity contribution in [2.24, 2.45) is 0 Å². The Balaban J connectivity index is 1.64. The molecule has 29 heavy (non-hydrogen) atoms. The fourth-order valence-corrected chi connectivity index (χ4v) is 4.34. The van der Waals surface area contributed by atoms with E-state index in [2.05, 4.69) is 26.3 Å². The summed E-state index contributed by atoms with van der Waals surface area (Å²) in [6.07, 6.45) is 1.68. The molecule has 0 bridgehead atoms. The van der Waals surface area contributed by atoms with Crippen molar-refractivity contribution in [3.8, 4) is 5.69 Å². The lowest BCUT2D eigenvalue weighted by molar-refractivity contribution is -0.122. The van der Waals surface area contributed by atoms with Gasteiger partial charge in [-0.15, -0.1) is 11.3 Å². The minimum absolute atomic E-state index is 0.0517. The predicted molar refractivity (Wildman–Crippen MR) is 114 cm³/mol. The maximum absolute atomic E-state index is 13.1. The Morgan fingerprint density at radius 1 is 1.28 bits per heavy atom. The summed E-state index contributed by atoms with van der Waals surface area (Å²) in [5.41, 5.74) is 2.43. The second-order valence-electron chi connectivity index (χ2n) is 6.63. The number of rotatable bonds is 6. The van der Waals surface area contributed by atoms with Crippen LogP contribution in [0.5, 0.6) is 0 Å². The molecule has 1 N–H and O–H groups in total. The van der Waals surface area contributed by atoms with Gasteiger partial charge in [0.25, 0.3) is 5.91 Å². The molecule has 2 heterocycles. The Bertz CT molecular complexity index is 1030. The first kappa shape index (κ1) is 21.2. The van der Waals surface area contributed by atoms with Gasteiger partial charge in [0.2, 0.25) is 5.91 Å². The second-order valence-corrected chi connectivity index (χ2v) is 9.09. The number of thiophene rings is 1. The zero-order valence-electron chi connectivity index (χ0n) is 16.1. The van der Waals surface area contributed by atoms with Crippen LogP contribution in [-0.2, 0) is 4.79 Å². The van der Waals surface area contributed by atoms with Crippen LogP contribution in [0.1, 0.15) is 33.9 Å². The van der Waals surface area contributed by atoms with Gasteiger partial charge in [-0.3, -0.25) is 9.59 Å². The molecule has 6 nitrogen and oxygen atoms in total. The van der Waals surface area contributed by atoms with Crippen LogP contribution in [0.3, 0.4) is 0 Å². The minimum atomic E-state index is -0.312. The molecule has 3 rings (SSSR count). The Labute approximate surface area is 180 Å². The second kappa shape index (κ2) is 8.87. The Morgan fingerprint density at radius 2 is 1.97 bits per heavy atom. The molecule has 2 aromatic heterocycles. The quantitative estimate of drug-likeness (QED) is 0.579. The van der Waals surface area contributed by atoms with E-state index in [1.54, 1.807) is 42.2 Å². The van der Waals surface area contributed by atoms with Gasteiger partial charge in [-0.25, -0.2) is 9.07 Å². The molecule has 1 atom stereocenters. The van der Waals surface area contributed by atoms with Crippen LogP contribution in [0.25, 0.3) is 5.69 Å². The van der Waals surface area contributed by atoms with E-state index in [-0.39, 0.29) is 30.2 Å². The van der Waals surface area contributed by atoms with Crippen LogP contribution in [0.15, 0.2) is 46.4 Å². The molecule has 0 spiro atoms. The molecule has 0 saturated carbocycles. The molecule has 2 amide bonds. The topological polar surface area (TPSA) is 67.2 Å². The number of carbonyl (C=O) groups is 2. The summed E-state index contributed by atoms with van der Waals surface area (Å²) in [6, 6.07) is 9.27. The lowest BCUT2D eigenvalue weighted by Crippen LogP contribution is -2.39. The molecular weight excluding hydrogens is 459 g/mol. The summed E-state index contributed by atoms with van der Waals surface area (Å²) in [5.74, 6) is -0.783. The van der Waals surface area contributed by atoms with Gasteiger partial charge in [-0.2, -0.15) is 5.10 Å². The van der Waals surface area contributed by atoms with E-state index in [1.165, 1.54) is 28.4 Å². The van der Waals surface area contributed by atoms with Gasteiger partial charge < -0.3 is 10.2 Å². The average molecular weight is 479 g/mol. The largest absolute Gasteiger partial charge is 0.348 e. The lowest BCUT2D eigenvalue weighted by atomic mass is 10.1. The zero-order chi connectivity index (χ0) is 21.1. The van der Waals surface area contributed by atoms with Crippen molar-refractivity contribution >= 4 is 39.1 Å². The molecule has 0 aliphatic heterocycles. The summed E-state index contributed by atoms with van der Waals surface area (Å²) in [6.45, 7) is 3.69. The van der Waals surface area contributed by atoms with Crippen molar-refractivity contribution in [1.29, 1.82) is 0 Å². The van der Waals surface area contributed by atoms with Crippen LogP contribution in [0.2, 0.25) is 0 Å². The molecule has 0 fully saturated rings. The monoisotopic (exact) mass is 478 g/mol. The van der Waals surface area contributed by atoms with Crippen LogP contribution in [0.4, 0.5) is 4.39 Å². The summed E-state index contributed by atoms with van der Waals surface area (Å²) >= 11 is 4.65. The van der Waals surface area contributed by atoms with Gasteiger partial charge in [0.05, 0.1) is 33.1 Å². The smallest absolute Gasteiger partial charge is 0.264 e. The third-order valence-corrected chi connectivity index (χ3v) is 6.09. The molecule has 1 aromatic carbocycles. The van der Waals surface area contributed by atoms with E-state index in [0.717, 1.165) is 20.7 Å². The van der Waals surface area contributed by atoms with Crippen molar-refractivity contribution in [3.05, 3.63) is 68.3 Å². The normalized spacial score (nSPS) is 11.9. The van der Waals surface area contributed by atoms with E-state index < -0.39 is 0 Å². The highest BCUT2D eigenvalue weighted by molar-refractivity contribution is 9.11. The SMILES string of the molecule is Cc1c(C(C)NC(=O)CN(C)C(=O)c2ccc(Br)s2)cnn1-c1ccc(F)cc1. The number of halogens is 2. The molecule has 152 valence electrons. The summed E-state index contributed by atoms with van der Waals surface area (Å²) in [4.78, 5) is 26.8. The highest BCUT2D eigenvalue weighted by atomic mass is 79.9. The molecule has 3 aromatic rings. The van der Waals surface area contributed by atoms with Gasteiger partial charge in [0, 0.05) is 18.3 Å². The Morgan fingerprint density at radius 3 is 2.59 bits per heavy atom. The van der Waals surface area contributed by atoms with Crippen LogP contribution in [-0.4, -0.2) is 40.1 Å². The number of nitrogens with zero attached hydrogens (tertiary/aromatic N) is 3. The van der Waals surface area contributed by atoms with Crippen molar-refractivity contribution in [1.82, 2.24) is 20.0 Å². The van der Waals surface area contributed by atoms with Crippen molar-refractivity contribution in [3.63, 3.8) is 0 Å². The number of aromatic nitrogens is 2. The number of benzene rings is 1. The van der Waals surface area contributed by atoms with Gasteiger partial charge in [-0.05, 0) is 66.2 Å². The summed E-state index contributed by atoms with van der Waals surface area (Å²) in [7, 11) is 1.60. The van der Waals surface area contributed by atoms with E-state index in [0.29, 0.717) is 4.88 Å². The van der Waals surface area contributed by atoms with E-state index >= 15 is 0 Å². The summed E-state index contributed by atoms with van der Waals surface area (Å²) < 4.78 is 15.7. The highest BCUT2D eigenvalue weighted by Crippen LogP contribution is 2.23. The molecule has 0 aliphatic carbocycles. The molecule has 0 saturated heterocycles. The first-order chi connectivity index (χ1) is 13.8.